The van der Waals surface area contributed by atoms with Gasteiger partial charge in [-0.05, 0) is 18.2 Å². The quantitative estimate of drug-likeness (QED) is 0.826. The number of carbonyl (C=O) groups is 1. The molecule has 1 amide bonds. The lowest BCUT2D eigenvalue weighted by Crippen LogP contribution is -2.34. The van der Waals surface area contributed by atoms with Crippen LogP contribution in [0.4, 0.5) is 8.78 Å². The zero-order valence-corrected chi connectivity index (χ0v) is 9.60. The number of carbonyl (C=O) groups excluding carboxylic acids is 1. The molecule has 0 saturated carbocycles. The maximum atomic E-state index is 13.2. The molecular weight excluding hydrogens is 212 g/mol. The molecule has 0 aliphatic rings. The van der Waals surface area contributed by atoms with Crippen molar-refractivity contribution in [3.8, 4) is 0 Å². The van der Waals surface area contributed by atoms with Crippen molar-refractivity contribution < 1.29 is 13.6 Å². The van der Waals surface area contributed by atoms with Crippen molar-refractivity contribution in [1.82, 2.24) is 5.32 Å². The summed E-state index contributed by atoms with van der Waals surface area (Å²) in [7, 11) is 0. The zero-order valence-electron chi connectivity index (χ0n) is 9.60. The van der Waals surface area contributed by atoms with E-state index in [4.69, 9.17) is 0 Å². The Hall–Kier alpha value is -1.45. The number of amides is 1. The average molecular weight is 227 g/mol. The van der Waals surface area contributed by atoms with Crippen LogP contribution in [0.15, 0.2) is 18.2 Å². The lowest BCUT2D eigenvalue weighted by atomic mass is 9.95. The molecular formula is C12H15F2NO. The first-order valence-electron chi connectivity index (χ1n) is 5.03. The summed E-state index contributed by atoms with van der Waals surface area (Å²) in [5.41, 5.74) is -0.387. The van der Waals surface area contributed by atoms with Crippen LogP contribution in [0, 0.1) is 17.0 Å². The topological polar surface area (TPSA) is 29.1 Å². The second-order valence-electron chi connectivity index (χ2n) is 4.67. The normalized spacial score (nSPS) is 11.3. The minimum atomic E-state index is -0.538. The van der Waals surface area contributed by atoms with E-state index in [-0.39, 0.29) is 18.0 Å². The molecule has 0 aromatic heterocycles. The summed E-state index contributed by atoms with van der Waals surface area (Å²) < 4.78 is 26.0. The second-order valence-corrected chi connectivity index (χ2v) is 4.67. The Kier molecular flexibility index (Phi) is 3.62. The Labute approximate surface area is 93.7 Å². The Morgan fingerprint density at radius 1 is 1.31 bits per heavy atom. The van der Waals surface area contributed by atoms with E-state index in [1.54, 1.807) is 20.8 Å². The van der Waals surface area contributed by atoms with E-state index in [9.17, 15) is 13.6 Å². The molecule has 0 radical (unpaired) electrons. The average Bonchev–Trinajstić information content (AvgIpc) is 2.17. The van der Waals surface area contributed by atoms with Crippen LogP contribution < -0.4 is 5.32 Å². The van der Waals surface area contributed by atoms with Crippen LogP contribution in [0.3, 0.4) is 0 Å². The maximum Gasteiger partial charge on any atom is 0.225 e. The monoisotopic (exact) mass is 227 g/mol. The molecule has 0 saturated heterocycles. The minimum absolute atomic E-state index is 0.000301. The highest BCUT2D eigenvalue weighted by Gasteiger charge is 2.20. The van der Waals surface area contributed by atoms with Crippen LogP contribution >= 0.6 is 0 Å². The molecule has 0 spiro atoms. The smallest absolute Gasteiger partial charge is 0.225 e. The van der Waals surface area contributed by atoms with E-state index in [1.807, 2.05) is 0 Å². The van der Waals surface area contributed by atoms with Crippen molar-refractivity contribution in [2.45, 2.75) is 27.3 Å². The first-order chi connectivity index (χ1) is 7.30. The number of hydrogen-bond acceptors (Lipinski definition) is 1. The van der Waals surface area contributed by atoms with Gasteiger partial charge in [-0.15, -0.1) is 0 Å². The van der Waals surface area contributed by atoms with E-state index in [1.165, 1.54) is 0 Å². The standard InChI is InChI=1S/C12H15F2NO/c1-12(2,3)11(16)15-7-8-6-9(13)4-5-10(8)14/h4-6H,7H2,1-3H3,(H,15,16). The molecule has 1 N–H and O–H groups in total. The molecule has 0 heterocycles. The van der Waals surface area contributed by atoms with Gasteiger partial charge < -0.3 is 5.32 Å². The van der Waals surface area contributed by atoms with Crippen LogP contribution in [0.25, 0.3) is 0 Å². The molecule has 0 bridgehead atoms. The summed E-state index contributed by atoms with van der Waals surface area (Å²) in [6, 6.07) is 3.18. The van der Waals surface area contributed by atoms with Gasteiger partial charge in [0.15, 0.2) is 0 Å². The van der Waals surface area contributed by atoms with Gasteiger partial charge in [0.1, 0.15) is 11.6 Å². The second kappa shape index (κ2) is 4.60. The summed E-state index contributed by atoms with van der Waals surface area (Å²) in [6.07, 6.45) is 0. The van der Waals surface area contributed by atoms with Crippen molar-refractivity contribution in [2.24, 2.45) is 5.41 Å². The Balaban J connectivity index is 2.68. The number of rotatable bonds is 2. The number of benzene rings is 1. The fourth-order valence-electron chi connectivity index (χ4n) is 1.12. The van der Waals surface area contributed by atoms with Crippen LogP contribution in [0.5, 0.6) is 0 Å². The molecule has 4 heteroatoms. The molecule has 0 aliphatic carbocycles. The highest BCUT2D eigenvalue weighted by Crippen LogP contribution is 2.14. The summed E-state index contributed by atoms with van der Waals surface area (Å²) in [5, 5.41) is 2.56. The van der Waals surface area contributed by atoms with Crippen LogP contribution in [0.1, 0.15) is 26.3 Å². The van der Waals surface area contributed by atoms with E-state index < -0.39 is 17.0 Å². The molecule has 0 fully saturated rings. The first-order valence-corrected chi connectivity index (χ1v) is 5.03. The van der Waals surface area contributed by atoms with E-state index in [0.29, 0.717) is 0 Å². The molecule has 1 rings (SSSR count). The van der Waals surface area contributed by atoms with Gasteiger partial charge >= 0.3 is 0 Å². The summed E-state index contributed by atoms with van der Waals surface area (Å²) >= 11 is 0. The molecule has 1 aromatic rings. The van der Waals surface area contributed by atoms with Crippen molar-refractivity contribution in [3.05, 3.63) is 35.4 Å². The van der Waals surface area contributed by atoms with Crippen molar-refractivity contribution in [1.29, 1.82) is 0 Å². The van der Waals surface area contributed by atoms with E-state index in [2.05, 4.69) is 5.32 Å². The van der Waals surface area contributed by atoms with Crippen molar-refractivity contribution in [3.63, 3.8) is 0 Å². The van der Waals surface area contributed by atoms with Crippen molar-refractivity contribution in [2.75, 3.05) is 0 Å². The molecule has 2 nitrogen and oxygen atoms in total. The molecule has 1 aromatic carbocycles. The summed E-state index contributed by atoms with van der Waals surface area (Å²) in [5.74, 6) is -1.23. The third-order valence-electron chi connectivity index (χ3n) is 2.13. The van der Waals surface area contributed by atoms with Gasteiger partial charge in [-0.25, -0.2) is 8.78 Å². The first kappa shape index (κ1) is 12.6. The molecule has 16 heavy (non-hydrogen) atoms. The molecule has 0 atom stereocenters. The SMILES string of the molecule is CC(C)(C)C(=O)NCc1cc(F)ccc1F. The van der Waals surface area contributed by atoms with Gasteiger partial charge in [0.05, 0.1) is 0 Å². The molecule has 0 unspecified atom stereocenters. The lowest BCUT2D eigenvalue weighted by molar-refractivity contribution is -0.128. The minimum Gasteiger partial charge on any atom is -0.351 e. The Morgan fingerprint density at radius 2 is 1.94 bits per heavy atom. The van der Waals surface area contributed by atoms with Crippen LogP contribution in [0.2, 0.25) is 0 Å². The number of halogens is 2. The van der Waals surface area contributed by atoms with Gasteiger partial charge in [-0.2, -0.15) is 0 Å². The van der Waals surface area contributed by atoms with Gasteiger partial charge in [0.2, 0.25) is 5.91 Å². The fourth-order valence-corrected chi connectivity index (χ4v) is 1.12. The highest BCUT2D eigenvalue weighted by atomic mass is 19.1. The lowest BCUT2D eigenvalue weighted by Gasteiger charge is -2.17. The number of nitrogens with one attached hydrogen (secondary N) is 1. The number of hydrogen-bond donors (Lipinski definition) is 1. The summed E-state index contributed by atoms with van der Waals surface area (Å²) in [6.45, 7) is 5.26. The van der Waals surface area contributed by atoms with E-state index >= 15 is 0 Å². The molecule has 88 valence electrons. The van der Waals surface area contributed by atoms with E-state index in [0.717, 1.165) is 18.2 Å². The third-order valence-corrected chi connectivity index (χ3v) is 2.13. The van der Waals surface area contributed by atoms with Crippen molar-refractivity contribution >= 4 is 5.91 Å². The van der Waals surface area contributed by atoms with Gasteiger partial charge in [-0.1, -0.05) is 20.8 Å². The Morgan fingerprint density at radius 3 is 2.50 bits per heavy atom. The predicted molar refractivity (Wildman–Crippen MR) is 57.7 cm³/mol. The summed E-state index contributed by atoms with van der Waals surface area (Å²) in [4.78, 5) is 11.5. The zero-order chi connectivity index (χ0) is 12.3. The molecule has 0 aliphatic heterocycles. The fraction of sp³-hybridized carbons (Fsp3) is 0.417. The largest absolute Gasteiger partial charge is 0.351 e. The van der Waals surface area contributed by atoms with Gasteiger partial charge in [0.25, 0.3) is 0 Å². The Bertz CT molecular complexity index is 396. The van der Waals surface area contributed by atoms with Gasteiger partial charge in [0, 0.05) is 17.5 Å². The maximum absolute atomic E-state index is 13.2. The van der Waals surface area contributed by atoms with Crippen LogP contribution in [-0.4, -0.2) is 5.91 Å². The third kappa shape index (κ3) is 3.29. The predicted octanol–water partition coefficient (Wildman–Crippen LogP) is 2.63. The van der Waals surface area contributed by atoms with Gasteiger partial charge in [-0.3, -0.25) is 4.79 Å². The van der Waals surface area contributed by atoms with Crippen LogP contribution in [-0.2, 0) is 11.3 Å². The highest BCUT2D eigenvalue weighted by molar-refractivity contribution is 5.81.